The molecule has 0 heterocycles. The van der Waals surface area contributed by atoms with Crippen LogP contribution in [0.5, 0.6) is 5.75 Å². The highest BCUT2D eigenvalue weighted by molar-refractivity contribution is 6.32. The van der Waals surface area contributed by atoms with Gasteiger partial charge in [0, 0.05) is 6.42 Å². The van der Waals surface area contributed by atoms with Gasteiger partial charge >= 0.3 is 0 Å². The first kappa shape index (κ1) is 14.3. The Hall–Kier alpha value is -0.730. The van der Waals surface area contributed by atoms with Crippen molar-refractivity contribution in [1.82, 2.24) is 0 Å². The van der Waals surface area contributed by atoms with Gasteiger partial charge in [0.15, 0.2) is 0 Å². The molecule has 0 radical (unpaired) electrons. The van der Waals surface area contributed by atoms with Crippen LogP contribution < -0.4 is 10.1 Å². The molecule has 0 saturated carbocycles. The third kappa shape index (κ3) is 5.94. The first-order valence-electron chi connectivity index (χ1n) is 6.12. The molecule has 1 aromatic rings. The summed E-state index contributed by atoms with van der Waals surface area (Å²) in [5, 5.41) is 3.02. The van der Waals surface area contributed by atoms with Crippen LogP contribution in [0, 0.1) is 6.92 Å². The fourth-order valence-corrected chi connectivity index (χ4v) is 1.69. The molecule has 0 aromatic heterocycles. The van der Waals surface area contributed by atoms with E-state index in [1.807, 2.05) is 25.1 Å². The third-order valence-electron chi connectivity index (χ3n) is 2.45. The first-order valence-corrected chi connectivity index (χ1v) is 6.49. The molecule has 0 atom stereocenters. The molecule has 0 fully saturated rings. The van der Waals surface area contributed by atoms with E-state index in [1.54, 1.807) is 0 Å². The van der Waals surface area contributed by atoms with Gasteiger partial charge in [0.25, 0.3) is 0 Å². The monoisotopic (exact) mass is 256 g/mol. The predicted molar refractivity (Wildman–Crippen MR) is 72.8 cm³/mol. The molecule has 0 unspecified atom stereocenters. The molecule has 2 nitrogen and oxygen atoms in total. The normalized spacial score (nSPS) is 11.6. The third-order valence-corrected chi connectivity index (χ3v) is 2.76. The minimum absolute atomic E-state index is 0.293. The number of hydrogen-bond acceptors (Lipinski definition) is 1. The summed E-state index contributed by atoms with van der Waals surface area (Å²) in [6.45, 7) is 10.5. The zero-order chi connectivity index (χ0) is 12.9. The second-order valence-corrected chi connectivity index (χ2v) is 5.90. The van der Waals surface area contributed by atoms with Gasteiger partial charge in [-0.3, -0.25) is 0 Å². The second kappa shape index (κ2) is 6.27. The maximum atomic E-state index is 6.05. The minimum atomic E-state index is 0.293. The van der Waals surface area contributed by atoms with E-state index in [1.165, 1.54) is 5.56 Å². The Labute approximate surface area is 109 Å². The molecule has 0 bridgehead atoms. The highest BCUT2D eigenvalue weighted by atomic mass is 35.5. The summed E-state index contributed by atoms with van der Waals surface area (Å²) in [4.78, 5) is 0. The summed E-state index contributed by atoms with van der Waals surface area (Å²) in [5.41, 5.74) is 1.46. The van der Waals surface area contributed by atoms with Crippen LogP contribution in [0.15, 0.2) is 18.2 Å². The second-order valence-electron chi connectivity index (χ2n) is 5.49. The summed E-state index contributed by atoms with van der Waals surface area (Å²) < 4.78 is 5.68. The van der Waals surface area contributed by atoms with E-state index in [-0.39, 0.29) is 0 Å². The van der Waals surface area contributed by atoms with Gasteiger partial charge in [0.05, 0.1) is 23.7 Å². The largest absolute Gasteiger partial charge is 0.492 e. The van der Waals surface area contributed by atoms with Crippen molar-refractivity contribution in [2.24, 2.45) is 0 Å². The molecule has 0 aliphatic carbocycles. The van der Waals surface area contributed by atoms with Crippen LogP contribution in [0.25, 0.3) is 0 Å². The lowest BCUT2D eigenvalue weighted by atomic mass is 10.1. The number of aryl methyl sites for hydroxylation is 1. The van der Waals surface area contributed by atoms with E-state index in [9.17, 15) is 0 Å². The Balaban J connectivity index is 2.29. The predicted octanol–water partition coefficient (Wildman–Crippen LogP) is 2.78. The van der Waals surface area contributed by atoms with E-state index in [0.717, 1.165) is 25.3 Å². The molecule has 0 aliphatic heterocycles. The van der Waals surface area contributed by atoms with Crippen molar-refractivity contribution in [3.63, 3.8) is 0 Å². The van der Waals surface area contributed by atoms with Crippen molar-refractivity contribution in [1.29, 1.82) is 0 Å². The van der Waals surface area contributed by atoms with Crippen LogP contribution in [-0.4, -0.2) is 18.7 Å². The van der Waals surface area contributed by atoms with Crippen molar-refractivity contribution >= 4 is 11.6 Å². The highest BCUT2D eigenvalue weighted by Crippen LogP contribution is 2.25. The minimum Gasteiger partial charge on any atom is -0.492 e. The number of hydrogen-bond donors (Lipinski definition) is 1. The van der Waals surface area contributed by atoms with E-state index >= 15 is 0 Å². The van der Waals surface area contributed by atoms with E-state index in [2.05, 4.69) is 26.1 Å². The summed E-state index contributed by atoms with van der Waals surface area (Å²) in [6, 6.07) is 5.85. The maximum Gasteiger partial charge on any atom is 0.138 e. The Morgan fingerprint density at radius 3 is 2.65 bits per heavy atom. The molecule has 96 valence electrons. The number of ether oxygens (including phenoxy) is 1. The van der Waals surface area contributed by atoms with Gasteiger partial charge in [-0.25, -0.2) is 0 Å². The van der Waals surface area contributed by atoms with Crippen molar-refractivity contribution < 1.29 is 10.1 Å². The molecule has 1 aromatic carbocycles. The van der Waals surface area contributed by atoms with E-state index in [4.69, 9.17) is 16.3 Å². The van der Waals surface area contributed by atoms with Crippen molar-refractivity contribution in [2.75, 3.05) is 13.2 Å². The van der Waals surface area contributed by atoms with Crippen LogP contribution in [0.3, 0.4) is 0 Å². The van der Waals surface area contributed by atoms with Crippen molar-refractivity contribution in [3.8, 4) is 5.75 Å². The molecule has 17 heavy (non-hydrogen) atoms. The molecular formula is C14H23ClNO+. The number of quaternary nitrogens is 1. The lowest BCUT2D eigenvalue weighted by Gasteiger charge is -2.16. The average Bonchev–Trinajstić information content (AvgIpc) is 2.21. The quantitative estimate of drug-likeness (QED) is 0.806. The highest BCUT2D eigenvalue weighted by Gasteiger charge is 2.11. The summed E-state index contributed by atoms with van der Waals surface area (Å²) in [5.74, 6) is 0.794. The Morgan fingerprint density at radius 1 is 1.29 bits per heavy atom. The molecule has 0 amide bonds. The number of nitrogens with two attached hydrogens (primary N) is 1. The summed E-state index contributed by atoms with van der Waals surface area (Å²) in [7, 11) is 0. The molecule has 1 rings (SSSR count). The lowest BCUT2D eigenvalue weighted by molar-refractivity contribution is -0.717. The fraction of sp³-hybridized carbons (Fsp3) is 0.571. The van der Waals surface area contributed by atoms with Crippen molar-refractivity contribution in [2.45, 2.75) is 39.7 Å². The zero-order valence-corrected chi connectivity index (χ0v) is 12.0. The van der Waals surface area contributed by atoms with Gasteiger partial charge in [0.2, 0.25) is 0 Å². The smallest absolute Gasteiger partial charge is 0.138 e. The van der Waals surface area contributed by atoms with Gasteiger partial charge < -0.3 is 10.1 Å². The van der Waals surface area contributed by atoms with Crippen LogP contribution >= 0.6 is 11.6 Å². The van der Waals surface area contributed by atoms with Crippen LogP contribution in [-0.2, 0) is 0 Å². The van der Waals surface area contributed by atoms with Crippen LogP contribution in [0.4, 0.5) is 0 Å². The van der Waals surface area contributed by atoms with Crippen LogP contribution in [0.2, 0.25) is 5.02 Å². The standard InChI is InChI=1S/C14H22ClNO/c1-11-6-7-12(15)13(10-11)17-9-5-8-16-14(2,3)4/h6-7,10,16H,5,8-9H2,1-4H3/p+1. The lowest BCUT2D eigenvalue weighted by Crippen LogP contribution is -2.94. The fourth-order valence-electron chi connectivity index (χ4n) is 1.52. The summed E-state index contributed by atoms with van der Waals surface area (Å²) in [6.07, 6.45) is 1.03. The van der Waals surface area contributed by atoms with Gasteiger partial charge in [-0.15, -0.1) is 0 Å². The number of halogens is 1. The zero-order valence-electron chi connectivity index (χ0n) is 11.2. The molecule has 2 N–H and O–H groups in total. The molecule has 0 saturated heterocycles. The topological polar surface area (TPSA) is 25.8 Å². The molecule has 0 spiro atoms. The Kier molecular flexibility index (Phi) is 5.29. The van der Waals surface area contributed by atoms with Gasteiger partial charge in [0.1, 0.15) is 5.75 Å². The Morgan fingerprint density at radius 2 is 2.00 bits per heavy atom. The molecular weight excluding hydrogens is 234 g/mol. The van der Waals surface area contributed by atoms with Crippen LogP contribution in [0.1, 0.15) is 32.8 Å². The van der Waals surface area contributed by atoms with E-state index in [0.29, 0.717) is 10.6 Å². The number of rotatable bonds is 5. The Bertz CT molecular complexity index is 358. The maximum absolute atomic E-state index is 6.05. The molecule has 3 heteroatoms. The van der Waals surface area contributed by atoms with E-state index < -0.39 is 0 Å². The van der Waals surface area contributed by atoms with Gasteiger partial charge in [-0.2, -0.15) is 0 Å². The average molecular weight is 257 g/mol. The molecule has 0 aliphatic rings. The number of benzene rings is 1. The van der Waals surface area contributed by atoms with Gasteiger partial charge in [-0.1, -0.05) is 17.7 Å². The summed E-state index contributed by atoms with van der Waals surface area (Å²) >= 11 is 6.05. The van der Waals surface area contributed by atoms with Crippen molar-refractivity contribution in [3.05, 3.63) is 28.8 Å². The first-order chi connectivity index (χ1) is 7.88. The van der Waals surface area contributed by atoms with Gasteiger partial charge in [-0.05, 0) is 45.4 Å². The SMILES string of the molecule is Cc1ccc(Cl)c(OCCC[NH2+]C(C)(C)C)c1.